The number of nitrogens with zero attached hydrogens (tertiary/aromatic N) is 4. The van der Waals surface area contributed by atoms with Crippen LogP contribution in [0.2, 0.25) is 5.02 Å². The molecule has 0 saturated heterocycles. The first kappa shape index (κ1) is 17.0. The number of benzene rings is 1. The van der Waals surface area contributed by atoms with E-state index in [1.165, 1.54) is 0 Å². The Hall–Kier alpha value is -2.34. The SMILES string of the molecule is CC(=O)N(C)CCN(C)c1cncc(Oc2ccc(Cl)cc2)n1. The number of halogens is 1. The molecule has 0 atom stereocenters. The summed E-state index contributed by atoms with van der Waals surface area (Å²) < 4.78 is 5.66. The van der Waals surface area contributed by atoms with Crippen LogP contribution in [0.5, 0.6) is 11.6 Å². The van der Waals surface area contributed by atoms with Crippen LogP contribution in [0.1, 0.15) is 6.92 Å². The van der Waals surface area contributed by atoms with E-state index >= 15 is 0 Å². The van der Waals surface area contributed by atoms with Crippen molar-refractivity contribution in [3.05, 3.63) is 41.7 Å². The van der Waals surface area contributed by atoms with E-state index in [1.807, 2.05) is 11.9 Å². The van der Waals surface area contributed by atoms with Crippen LogP contribution < -0.4 is 9.64 Å². The number of hydrogen-bond donors (Lipinski definition) is 0. The molecule has 0 bridgehead atoms. The molecule has 0 radical (unpaired) electrons. The zero-order valence-corrected chi connectivity index (χ0v) is 14.1. The normalized spacial score (nSPS) is 10.3. The van der Waals surface area contributed by atoms with Gasteiger partial charge in [0.15, 0.2) is 5.82 Å². The molecule has 0 aliphatic heterocycles. The summed E-state index contributed by atoms with van der Waals surface area (Å²) in [7, 11) is 3.66. The highest BCUT2D eigenvalue weighted by atomic mass is 35.5. The monoisotopic (exact) mass is 334 g/mol. The van der Waals surface area contributed by atoms with Gasteiger partial charge in [-0.3, -0.25) is 9.78 Å². The molecule has 0 saturated carbocycles. The minimum Gasteiger partial charge on any atom is -0.437 e. The van der Waals surface area contributed by atoms with Crippen LogP contribution in [0.3, 0.4) is 0 Å². The molecular formula is C16H19ClN4O2. The van der Waals surface area contributed by atoms with Crippen LogP contribution in [0.25, 0.3) is 0 Å². The first-order chi connectivity index (χ1) is 11.0. The van der Waals surface area contributed by atoms with Gasteiger partial charge in [-0.25, -0.2) is 0 Å². The third kappa shape index (κ3) is 5.10. The Morgan fingerprint density at radius 1 is 1.17 bits per heavy atom. The van der Waals surface area contributed by atoms with Crippen LogP contribution in [0, 0.1) is 0 Å². The zero-order valence-electron chi connectivity index (χ0n) is 13.4. The topological polar surface area (TPSA) is 58.6 Å². The van der Waals surface area contributed by atoms with Crippen molar-refractivity contribution in [3.63, 3.8) is 0 Å². The second-order valence-corrected chi connectivity index (χ2v) is 5.57. The summed E-state index contributed by atoms with van der Waals surface area (Å²) in [6, 6.07) is 7.03. The first-order valence-electron chi connectivity index (χ1n) is 7.14. The van der Waals surface area contributed by atoms with Gasteiger partial charge in [-0.2, -0.15) is 4.98 Å². The lowest BCUT2D eigenvalue weighted by molar-refractivity contribution is -0.127. The fraction of sp³-hybridized carbons (Fsp3) is 0.312. The van der Waals surface area contributed by atoms with Crippen molar-refractivity contribution in [2.45, 2.75) is 6.92 Å². The van der Waals surface area contributed by atoms with E-state index in [0.717, 1.165) is 0 Å². The molecule has 1 aromatic heterocycles. The molecule has 1 heterocycles. The number of anilines is 1. The molecule has 0 aliphatic rings. The molecule has 122 valence electrons. The minimum absolute atomic E-state index is 0.0318. The Morgan fingerprint density at radius 2 is 1.87 bits per heavy atom. The Labute approximate surface area is 140 Å². The summed E-state index contributed by atoms with van der Waals surface area (Å²) >= 11 is 5.85. The van der Waals surface area contributed by atoms with E-state index in [9.17, 15) is 4.79 Å². The van der Waals surface area contributed by atoms with E-state index in [4.69, 9.17) is 16.3 Å². The number of carbonyl (C=O) groups is 1. The third-order valence-electron chi connectivity index (χ3n) is 3.34. The van der Waals surface area contributed by atoms with Gasteiger partial charge in [0.2, 0.25) is 11.8 Å². The lowest BCUT2D eigenvalue weighted by Crippen LogP contribution is -2.33. The number of amides is 1. The number of hydrogen-bond acceptors (Lipinski definition) is 5. The van der Waals surface area contributed by atoms with Gasteiger partial charge in [0.05, 0.1) is 12.4 Å². The van der Waals surface area contributed by atoms with Crippen LogP contribution >= 0.6 is 11.6 Å². The maximum Gasteiger partial charge on any atom is 0.239 e. The lowest BCUT2D eigenvalue weighted by Gasteiger charge is -2.22. The number of ether oxygens (including phenoxy) is 1. The van der Waals surface area contributed by atoms with Crippen LogP contribution in [-0.2, 0) is 4.79 Å². The van der Waals surface area contributed by atoms with Gasteiger partial charge in [-0.1, -0.05) is 11.6 Å². The Kier molecular flexibility index (Phi) is 5.76. The highest BCUT2D eigenvalue weighted by molar-refractivity contribution is 6.30. The Morgan fingerprint density at radius 3 is 2.52 bits per heavy atom. The van der Waals surface area contributed by atoms with E-state index in [2.05, 4.69) is 9.97 Å². The summed E-state index contributed by atoms with van der Waals surface area (Å²) in [6.07, 6.45) is 3.20. The Bertz CT molecular complexity index is 663. The molecule has 23 heavy (non-hydrogen) atoms. The van der Waals surface area contributed by atoms with Crippen molar-refractivity contribution in [2.24, 2.45) is 0 Å². The molecule has 1 aromatic carbocycles. The maximum atomic E-state index is 11.2. The van der Waals surface area contributed by atoms with Crippen molar-refractivity contribution in [3.8, 4) is 11.6 Å². The van der Waals surface area contributed by atoms with Gasteiger partial charge in [0, 0.05) is 39.1 Å². The summed E-state index contributed by atoms with van der Waals surface area (Å²) in [6.45, 7) is 2.80. The van der Waals surface area contributed by atoms with E-state index in [1.54, 1.807) is 55.5 Å². The van der Waals surface area contributed by atoms with E-state index < -0.39 is 0 Å². The number of rotatable bonds is 6. The molecule has 2 rings (SSSR count). The molecule has 1 amide bonds. The van der Waals surface area contributed by atoms with Crippen molar-refractivity contribution < 1.29 is 9.53 Å². The van der Waals surface area contributed by atoms with Crippen LogP contribution in [-0.4, -0.2) is 48.0 Å². The maximum absolute atomic E-state index is 11.2. The summed E-state index contributed by atoms with van der Waals surface area (Å²) in [5.74, 6) is 1.74. The fourth-order valence-corrected chi connectivity index (χ4v) is 1.89. The van der Waals surface area contributed by atoms with Gasteiger partial charge in [0.25, 0.3) is 0 Å². The van der Waals surface area contributed by atoms with Crippen molar-refractivity contribution in [2.75, 3.05) is 32.1 Å². The molecular weight excluding hydrogens is 316 g/mol. The van der Waals surface area contributed by atoms with Crippen molar-refractivity contribution in [1.82, 2.24) is 14.9 Å². The highest BCUT2D eigenvalue weighted by Crippen LogP contribution is 2.22. The summed E-state index contributed by atoms with van der Waals surface area (Å²) in [4.78, 5) is 23.4. The lowest BCUT2D eigenvalue weighted by atomic mass is 10.3. The third-order valence-corrected chi connectivity index (χ3v) is 3.59. The predicted molar refractivity (Wildman–Crippen MR) is 90.1 cm³/mol. The first-order valence-corrected chi connectivity index (χ1v) is 7.52. The zero-order chi connectivity index (χ0) is 16.8. The molecule has 0 unspecified atom stereocenters. The van der Waals surface area contributed by atoms with Gasteiger partial charge in [-0.05, 0) is 24.3 Å². The summed E-state index contributed by atoms with van der Waals surface area (Å²) in [5, 5.41) is 0.645. The molecule has 0 N–H and O–H groups in total. The largest absolute Gasteiger partial charge is 0.437 e. The molecule has 6 nitrogen and oxygen atoms in total. The average molecular weight is 335 g/mol. The van der Waals surface area contributed by atoms with E-state index in [0.29, 0.717) is 35.6 Å². The minimum atomic E-state index is 0.0318. The predicted octanol–water partition coefficient (Wildman–Crippen LogP) is 2.84. The van der Waals surface area contributed by atoms with Gasteiger partial charge >= 0.3 is 0 Å². The molecule has 0 spiro atoms. The smallest absolute Gasteiger partial charge is 0.239 e. The number of likely N-dealkylation sites (N-methyl/N-ethyl adjacent to an activating group) is 2. The van der Waals surface area contributed by atoms with Crippen molar-refractivity contribution >= 4 is 23.3 Å². The highest BCUT2D eigenvalue weighted by Gasteiger charge is 2.08. The molecule has 7 heteroatoms. The Balaban J connectivity index is 2.01. The van der Waals surface area contributed by atoms with Crippen LogP contribution in [0.4, 0.5) is 5.82 Å². The van der Waals surface area contributed by atoms with Crippen molar-refractivity contribution in [1.29, 1.82) is 0 Å². The van der Waals surface area contributed by atoms with Gasteiger partial charge in [0.1, 0.15) is 5.75 Å². The van der Waals surface area contributed by atoms with E-state index in [-0.39, 0.29) is 5.91 Å². The van der Waals surface area contributed by atoms with Crippen LogP contribution in [0.15, 0.2) is 36.7 Å². The average Bonchev–Trinajstić information content (AvgIpc) is 2.54. The molecule has 0 fully saturated rings. The summed E-state index contributed by atoms with van der Waals surface area (Å²) in [5.41, 5.74) is 0. The fourth-order valence-electron chi connectivity index (χ4n) is 1.77. The van der Waals surface area contributed by atoms with Gasteiger partial charge in [-0.15, -0.1) is 0 Å². The molecule has 0 aliphatic carbocycles. The second-order valence-electron chi connectivity index (χ2n) is 5.13. The quantitative estimate of drug-likeness (QED) is 0.813. The number of aromatic nitrogens is 2. The standard InChI is InChI=1S/C16H19ClN4O2/c1-12(22)20(2)8-9-21(3)15-10-18-11-16(19-15)23-14-6-4-13(17)5-7-14/h4-7,10-11H,8-9H2,1-3H3. The van der Waals surface area contributed by atoms with Gasteiger partial charge < -0.3 is 14.5 Å². The second kappa shape index (κ2) is 7.78. The molecule has 2 aromatic rings. The number of carbonyl (C=O) groups excluding carboxylic acids is 1.